The number of carbonyl (C=O) groups is 1. The highest BCUT2D eigenvalue weighted by Gasteiger charge is 2.01. The molecule has 1 N–H and O–H groups in total. The lowest BCUT2D eigenvalue weighted by molar-refractivity contribution is -0.121. The highest BCUT2D eigenvalue weighted by Crippen LogP contribution is 2.02. The maximum Gasteiger partial charge on any atom is 0.220 e. The zero-order chi connectivity index (χ0) is 10.1. The van der Waals surface area contributed by atoms with Gasteiger partial charge in [0.15, 0.2) is 0 Å². The van der Waals surface area contributed by atoms with Gasteiger partial charge in [-0.05, 0) is 29.6 Å². The van der Waals surface area contributed by atoms with Gasteiger partial charge in [-0.1, -0.05) is 36.4 Å². The molecule has 0 unspecified atom stereocenters. The molecule has 0 atom stereocenters. The predicted molar refractivity (Wildman–Crippen MR) is 65.2 cm³/mol. The number of halogens is 1. The van der Waals surface area contributed by atoms with Crippen LogP contribution < -0.4 is 5.32 Å². The molecule has 0 saturated carbocycles. The molecule has 13 heavy (non-hydrogen) atoms. The van der Waals surface area contributed by atoms with Gasteiger partial charge < -0.3 is 5.32 Å². The third kappa shape index (κ3) is 10.1. The van der Waals surface area contributed by atoms with Crippen LogP contribution in [0.15, 0.2) is 0 Å². The highest BCUT2D eigenvalue weighted by atomic mass is 127. The molecule has 0 aromatic rings. The average Bonchev–Trinajstić information content (AvgIpc) is 2.09. The minimum atomic E-state index is 0.210. The van der Waals surface area contributed by atoms with E-state index < -0.39 is 0 Å². The molecule has 0 fully saturated rings. The van der Waals surface area contributed by atoms with Crippen LogP contribution >= 0.6 is 22.6 Å². The fourth-order valence-corrected chi connectivity index (χ4v) is 1.49. The fourth-order valence-electron chi connectivity index (χ4n) is 0.955. The van der Waals surface area contributed by atoms with Crippen LogP contribution in [0.3, 0.4) is 0 Å². The van der Waals surface area contributed by atoms with E-state index in [-0.39, 0.29) is 5.91 Å². The lowest BCUT2D eigenvalue weighted by atomic mass is 10.1. The predicted octanol–water partition coefficient (Wildman–Crippen LogP) is 2.75. The van der Waals surface area contributed by atoms with Gasteiger partial charge in [0.05, 0.1) is 0 Å². The summed E-state index contributed by atoms with van der Waals surface area (Å²) in [5.74, 6) is 0.835. The first-order valence-electron chi connectivity index (χ1n) is 4.99. The Hall–Kier alpha value is 0.200. The molecule has 78 valence electrons. The van der Waals surface area contributed by atoms with Gasteiger partial charge in [0, 0.05) is 13.0 Å². The SMILES string of the molecule is CC(C)CCC(=O)NCCCCI. The van der Waals surface area contributed by atoms with Crippen molar-refractivity contribution in [3.63, 3.8) is 0 Å². The summed E-state index contributed by atoms with van der Waals surface area (Å²) in [5, 5.41) is 2.93. The van der Waals surface area contributed by atoms with Crippen LogP contribution in [-0.4, -0.2) is 16.9 Å². The second kappa shape index (κ2) is 8.78. The Labute approximate surface area is 95.0 Å². The molecular weight excluding hydrogens is 277 g/mol. The fraction of sp³-hybridized carbons (Fsp3) is 0.900. The maximum absolute atomic E-state index is 11.2. The van der Waals surface area contributed by atoms with Gasteiger partial charge >= 0.3 is 0 Å². The van der Waals surface area contributed by atoms with Gasteiger partial charge in [0.25, 0.3) is 0 Å². The molecule has 3 heteroatoms. The zero-order valence-electron chi connectivity index (χ0n) is 8.61. The third-order valence-corrected chi connectivity index (χ3v) is 2.59. The summed E-state index contributed by atoms with van der Waals surface area (Å²) < 4.78 is 1.18. The average molecular weight is 297 g/mol. The number of carbonyl (C=O) groups excluding carboxylic acids is 1. The Kier molecular flexibility index (Phi) is 8.92. The molecule has 0 aliphatic heterocycles. The van der Waals surface area contributed by atoms with Crippen LogP contribution in [0, 0.1) is 5.92 Å². The van der Waals surface area contributed by atoms with Gasteiger partial charge in [-0.15, -0.1) is 0 Å². The Morgan fingerprint density at radius 2 is 2.08 bits per heavy atom. The first-order valence-corrected chi connectivity index (χ1v) is 6.52. The summed E-state index contributed by atoms with van der Waals surface area (Å²) in [4.78, 5) is 11.2. The first-order chi connectivity index (χ1) is 6.16. The molecule has 0 aromatic carbocycles. The maximum atomic E-state index is 11.2. The second-order valence-corrected chi connectivity index (χ2v) is 4.76. The van der Waals surface area contributed by atoms with Crippen molar-refractivity contribution in [2.24, 2.45) is 5.92 Å². The summed E-state index contributed by atoms with van der Waals surface area (Å²) >= 11 is 2.36. The molecule has 0 radical (unpaired) electrons. The highest BCUT2D eigenvalue weighted by molar-refractivity contribution is 14.1. The molecule has 0 aromatic heterocycles. The Bertz CT molecular complexity index is 137. The van der Waals surface area contributed by atoms with E-state index in [0.717, 1.165) is 19.4 Å². The number of hydrogen-bond donors (Lipinski definition) is 1. The van der Waals surface area contributed by atoms with E-state index in [0.29, 0.717) is 12.3 Å². The van der Waals surface area contributed by atoms with E-state index in [1.165, 1.54) is 10.8 Å². The van der Waals surface area contributed by atoms with Crippen LogP contribution in [0.5, 0.6) is 0 Å². The zero-order valence-corrected chi connectivity index (χ0v) is 10.8. The molecule has 0 rings (SSSR count). The number of rotatable bonds is 7. The van der Waals surface area contributed by atoms with Crippen molar-refractivity contribution in [2.45, 2.75) is 39.5 Å². The van der Waals surface area contributed by atoms with Crippen LogP contribution in [0.1, 0.15) is 39.5 Å². The van der Waals surface area contributed by atoms with Crippen molar-refractivity contribution in [3.8, 4) is 0 Å². The second-order valence-electron chi connectivity index (χ2n) is 3.68. The van der Waals surface area contributed by atoms with Gasteiger partial charge in [-0.3, -0.25) is 4.79 Å². The molecule has 1 amide bonds. The minimum Gasteiger partial charge on any atom is -0.356 e. The summed E-state index contributed by atoms with van der Waals surface area (Å²) in [7, 11) is 0. The number of hydrogen-bond acceptors (Lipinski definition) is 1. The number of alkyl halides is 1. The van der Waals surface area contributed by atoms with E-state index in [9.17, 15) is 4.79 Å². The van der Waals surface area contributed by atoms with Crippen molar-refractivity contribution in [2.75, 3.05) is 11.0 Å². The van der Waals surface area contributed by atoms with Crippen LogP contribution in [0.25, 0.3) is 0 Å². The smallest absolute Gasteiger partial charge is 0.220 e. The monoisotopic (exact) mass is 297 g/mol. The number of unbranched alkanes of at least 4 members (excludes halogenated alkanes) is 1. The van der Waals surface area contributed by atoms with Gasteiger partial charge in [0.1, 0.15) is 0 Å². The van der Waals surface area contributed by atoms with E-state index in [4.69, 9.17) is 0 Å². The molecular formula is C10H20INO. The molecule has 2 nitrogen and oxygen atoms in total. The van der Waals surface area contributed by atoms with E-state index >= 15 is 0 Å². The van der Waals surface area contributed by atoms with Crippen LogP contribution in [-0.2, 0) is 4.79 Å². The van der Waals surface area contributed by atoms with Gasteiger partial charge in [-0.25, -0.2) is 0 Å². The molecule has 0 bridgehead atoms. The lowest BCUT2D eigenvalue weighted by Crippen LogP contribution is -2.24. The van der Waals surface area contributed by atoms with E-state index in [2.05, 4.69) is 41.8 Å². The molecule has 0 saturated heterocycles. The Balaban J connectivity index is 3.20. The van der Waals surface area contributed by atoms with E-state index in [1.807, 2.05) is 0 Å². The molecule has 0 heterocycles. The Morgan fingerprint density at radius 3 is 2.62 bits per heavy atom. The molecule has 0 aliphatic rings. The van der Waals surface area contributed by atoms with Crippen LogP contribution in [0.4, 0.5) is 0 Å². The van der Waals surface area contributed by atoms with Crippen LogP contribution in [0.2, 0.25) is 0 Å². The van der Waals surface area contributed by atoms with Crippen molar-refractivity contribution >= 4 is 28.5 Å². The topological polar surface area (TPSA) is 29.1 Å². The number of nitrogens with one attached hydrogen (secondary N) is 1. The minimum absolute atomic E-state index is 0.210. The largest absolute Gasteiger partial charge is 0.356 e. The van der Waals surface area contributed by atoms with Gasteiger partial charge in [-0.2, -0.15) is 0 Å². The summed E-state index contributed by atoms with van der Waals surface area (Å²) in [6, 6.07) is 0. The third-order valence-electron chi connectivity index (χ3n) is 1.83. The summed E-state index contributed by atoms with van der Waals surface area (Å²) in [6.07, 6.45) is 3.99. The Morgan fingerprint density at radius 1 is 1.38 bits per heavy atom. The van der Waals surface area contributed by atoms with Crippen molar-refractivity contribution in [3.05, 3.63) is 0 Å². The van der Waals surface area contributed by atoms with Crippen molar-refractivity contribution in [1.82, 2.24) is 5.32 Å². The van der Waals surface area contributed by atoms with Gasteiger partial charge in [0.2, 0.25) is 5.91 Å². The quantitative estimate of drug-likeness (QED) is 0.437. The lowest BCUT2D eigenvalue weighted by Gasteiger charge is -2.05. The normalized spacial score (nSPS) is 10.5. The summed E-state index contributed by atoms with van der Waals surface area (Å²) in [5.41, 5.74) is 0. The number of amides is 1. The first kappa shape index (κ1) is 13.2. The van der Waals surface area contributed by atoms with E-state index in [1.54, 1.807) is 0 Å². The molecule has 0 spiro atoms. The van der Waals surface area contributed by atoms with Crippen molar-refractivity contribution < 1.29 is 4.79 Å². The standard InChI is InChI=1S/C10H20INO/c1-9(2)5-6-10(13)12-8-4-3-7-11/h9H,3-8H2,1-2H3,(H,12,13). The summed E-state index contributed by atoms with van der Waals surface area (Å²) in [6.45, 7) is 5.13. The van der Waals surface area contributed by atoms with Crippen molar-refractivity contribution in [1.29, 1.82) is 0 Å². The molecule has 0 aliphatic carbocycles.